The summed E-state index contributed by atoms with van der Waals surface area (Å²) in [6.45, 7) is 7.50. The van der Waals surface area contributed by atoms with Crippen LogP contribution in [0.3, 0.4) is 0 Å². The summed E-state index contributed by atoms with van der Waals surface area (Å²) >= 11 is 0. The fourth-order valence-electron chi connectivity index (χ4n) is 1.52. The van der Waals surface area contributed by atoms with E-state index in [1.807, 2.05) is 43.6 Å². The molecule has 1 aromatic heterocycles. The molecule has 2 rings (SSSR count). The van der Waals surface area contributed by atoms with E-state index in [-0.39, 0.29) is 24.7 Å². The number of halogens is 1. The van der Waals surface area contributed by atoms with Gasteiger partial charge >= 0.3 is 18.9 Å². The molecule has 0 aliphatic carbocycles. The molecule has 1 aromatic carbocycles. The predicted molar refractivity (Wildman–Crippen MR) is 75.8 cm³/mol. The molecule has 0 amide bonds. The van der Waals surface area contributed by atoms with E-state index in [4.69, 9.17) is 0 Å². The first-order valence-corrected chi connectivity index (χ1v) is 6.27. The van der Waals surface area contributed by atoms with Crippen LogP contribution in [0.2, 0.25) is 0 Å². The predicted octanol–water partition coefficient (Wildman–Crippen LogP) is 1.76. The van der Waals surface area contributed by atoms with Gasteiger partial charge in [0.05, 0.1) is 5.69 Å². The molecule has 3 heteroatoms. The van der Waals surface area contributed by atoms with E-state index in [0.717, 1.165) is 12.0 Å². The molecule has 0 radical (unpaired) electrons. The number of hydrogen-bond acceptors (Lipinski definition) is 0. The van der Waals surface area contributed by atoms with Crippen LogP contribution in [-0.4, -0.2) is 4.57 Å². The van der Waals surface area contributed by atoms with Crippen LogP contribution in [0.25, 0.3) is 11.1 Å². The van der Waals surface area contributed by atoms with Gasteiger partial charge in [0.1, 0.15) is 0 Å². The number of nitrogens with zero attached hydrogens (tertiary/aromatic N) is 1. The summed E-state index contributed by atoms with van der Waals surface area (Å²) in [5.74, 6) is -0.126. The Kier molecular flexibility index (Phi) is 8.55. The van der Waals surface area contributed by atoms with Crippen LogP contribution in [0.5, 0.6) is 0 Å². The van der Waals surface area contributed by atoms with E-state index in [0.29, 0.717) is 11.3 Å². The first-order valence-electron chi connectivity index (χ1n) is 6.27. The van der Waals surface area contributed by atoms with Crippen molar-refractivity contribution in [1.82, 2.24) is 4.57 Å². The van der Waals surface area contributed by atoms with Gasteiger partial charge in [-0.2, -0.15) is 6.42 Å². The molecule has 0 unspecified atom stereocenters. The van der Waals surface area contributed by atoms with E-state index >= 15 is 0 Å². The third kappa shape index (κ3) is 4.89. The van der Waals surface area contributed by atoms with Gasteiger partial charge in [0.2, 0.25) is 0 Å². The minimum absolute atomic E-state index is 0. The van der Waals surface area contributed by atoms with Crippen molar-refractivity contribution >= 4 is 0 Å². The standard InChI is InChI=1S/C12H12FN.C4H9.Li/c1-9-12(13)11(8-14(9)2)10-6-4-3-5-7-10;1-3-4-2;/h3-8H,1-2H3;1,3-4H2,2H3;/q;-1;+1. The average Bonchev–Trinajstić information content (AvgIpc) is 2.68. The zero-order valence-corrected chi connectivity index (χ0v) is 12.4. The van der Waals surface area contributed by atoms with Gasteiger partial charge in [0.25, 0.3) is 0 Å². The summed E-state index contributed by atoms with van der Waals surface area (Å²) in [6.07, 6.45) is 4.10. The quantitative estimate of drug-likeness (QED) is 0.568. The normalized spacial score (nSPS) is 9.32. The maximum atomic E-state index is 13.7. The first-order chi connectivity index (χ1) is 8.61. The molecule has 0 fully saturated rings. The van der Waals surface area contributed by atoms with Gasteiger partial charge in [-0.05, 0) is 12.5 Å². The maximum absolute atomic E-state index is 13.7. The summed E-state index contributed by atoms with van der Waals surface area (Å²) in [5.41, 5.74) is 2.27. The van der Waals surface area contributed by atoms with Crippen molar-refractivity contribution < 1.29 is 23.3 Å². The third-order valence-corrected chi connectivity index (χ3v) is 2.84. The Morgan fingerprint density at radius 1 is 1.21 bits per heavy atom. The van der Waals surface area contributed by atoms with Crippen molar-refractivity contribution in [2.45, 2.75) is 26.7 Å². The van der Waals surface area contributed by atoms with E-state index < -0.39 is 0 Å². The molecular weight excluding hydrogens is 232 g/mol. The second kappa shape index (κ2) is 9.01. The molecule has 0 aliphatic heterocycles. The van der Waals surface area contributed by atoms with Crippen LogP contribution in [0.15, 0.2) is 36.5 Å². The summed E-state index contributed by atoms with van der Waals surface area (Å²) in [5, 5.41) is 0. The number of hydrogen-bond donors (Lipinski definition) is 0. The monoisotopic (exact) mass is 253 g/mol. The van der Waals surface area contributed by atoms with Crippen LogP contribution < -0.4 is 18.9 Å². The van der Waals surface area contributed by atoms with Gasteiger partial charge in [-0.1, -0.05) is 43.7 Å². The minimum atomic E-state index is -0.126. The summed E-state index contributed by atoms with van der Waals surface area (Å²) in [7, 11) is 1.85. The molecule has 19 heavy (non-hydrogen) atoms. The molecule has 98 valence electrons. The van der Waals surface area contributed by atoms with Crippen LogP contribution in [-0.2, 0) is 7.05 Å². The van der Waals surface area contributed by atoms with Crippen LogP contribution in [0.1, 0.15) is 25.5 Å². The molecule has 0 N–H and O–H groups in total. The van der Waals surface area contributed by atoms with Crippen molar-refractivity contribution in [3.8, 4) is 11.1 Å². The minimum Gasteiger partial charge on any atom is -0.351 e. The largest absolute Gasteiger partial charge is 1.00 e. The van der Waals surface area contributed by atoms with Crippen molar-refractivity contribution in [3.05, 3.63) is 55.0 Å². The maximum Gasteiger partial charge on any atom is 1.00 e. The second-order valence-electron chi connectivity index (χ2n) is 4.27. The zero-order valence-electron chi connectivity index (χ0n) is 12.4. The smallest absolute Gasteiger partial charge is 0.351 e. The molecule has 0 spiro atoms. The molecule has 2 aromatic rings. The Hall–Kier alpha value is -0.973. The molecule has 0 atom stereocenters. The molecule has 1 heterocycles. The second-order valence-corrected chi connectivity index (χ2v) is 4.27. The molecule has 0 bridgehead atoms. The topological polar surface area (TPSA) is 4.93 Å². The molecule has 0 saturated heterocycles. The Balaban J connectivity index is 0.000000576. The summed E-state index contributed by atoms with van der Waals surface area (Å²) in [6, 6.07) is 9.58. The fourth-order valence-corrected chi connectivity index (χ4v) is 1.52. The van der Waals surface area contributed by atoms with Crippen molar-refractivity contribution in [3.63, 3.8) is 0 Å². The van der Waals surface area contributed by atoms with Gasteiger partial charge < -0.3 is 11.5 Å². The fraction of sp³-hybridized carbons (Fsp3) is 0.312. The molecule has 1 nitrogen and oxygen atoms in total. The number of unbranched alkanes of at least 4 members (excludes halogenated alkanes) is 1. The van der Waals surface area contributed by atoms with Crippen LogP contribution >= 0.6 is 0 Å². The SMILES string of the molecule is Cc1c(F)c(-c2ccccc2)cn1C.[CH2-]CCC.[Li+]. The van der Waals surface area contributed by atoms with Crippen molar-refractivity contribution in [2.75, 3.05) is 0 Å². The Labute approximate surface area is 128 Å². The van der Waals surface area contributed by atoms with Gasteiger partial charge in [-0.3, -0.25) is 0 Å². The summed E-state index contributed by atoms with van der Waals surface area (Å²) < 4.78 is 15.5. The number of aryl methyl sites for hydroxylation is 1. The molecule has 0 saturated carbocycles. The van der Waals surface area contributed by atoms with E-state index in [2.05, 4.69) is 13.8 Å². The third-order valence-electron chi connectivity index (χ3n) is 2.84. The number of benzene rings is 1. The Morgan fingerprint density at radius 3 is 2.11 bits per heavy atom. The van der Waals surface area contributed by atoms with Crippen LogP contribution in [0.4, 0.5) is 4.39 Å². The Bertz CT molecular complexity index is 475. The van der Waals surface area contributed by atoms with Gasteiger partial charge in [0.15, 0.2) is 5.82 Å². The molecular formula is C16H21FLiN. The zero-order chi connectivity index (χ0) is 13.5. The van der Waals surface area contributed by atoms with Gasteiger partial charge in [-0.25, -0.2) is 4.39 Å². The van der Waals surface area contributed by atoms with Crippen LogP contribution in [0, 0.1) is 19.7 Å². The average molecular weight is 253 g/mol. The number of rotatable bonds is 2. The number of aromatic nitrogens is 1. The van der Waals surface area contributed by atoms with Crippen molar-refractivity contribution in [1.29, 1.82) is 0 Å². The van der Waals surface area contributed by atoms with Gasteiger partial charge in [-0.15, -0.1) is 0 Å². The summed E-state index contributed by atoms with van der Waals surface area (Å²) in [4.78, 5) is 0. The van der Waals surface area contributed by atoms with E-state index in [1.54, 1.807) is 11.5 Å². The van der Waals surface area contributed by atoms with E-state index in [9.17, 15) is 4.39 Å². The Morgan fingerprint density at radius 2 is 1.74 bits per heavy atom. The van der Waals surface area contributed by atoms with E-state index in [1.165, 1.54) is 6.42 Å². The van der Waals surface area contributed by atoms with Gasteiger partial charge in [0, 0.05) is 18.8 Å². The first kappa shape index (κ1) is 18.0. The molecule has 0 aliphatic rings. The van der Waals surface area contributed by atoms with Crippen molar-refractivity contribution in [2.24, 2.45) is 7.05 Å².